The number of hydrogen-bond donors (Lipinski definition) is 2. The summed E-state index contributed by atoms with van der Waals surface area (Å²) in [7, 11) is 0. The molecule has 1 atom stereocenters. The second kappa shape index (κ2) is 14.0. The fraction of sp³-hybridized carbons (Fsp3) is 0.500. The smallest absolute Gasteiger partial charge is 0.191 e. The normalized spacial score (nSPS) is 16.1. The lowest BCUT2D eigenvalue weighted by atomic mass is 10.1. The minimum absolute atomic E-state index is 0. The average Bonchev–Trinajstić information content (AvgIpc) is 3.27. The molecule has 0 spiro atoms. The molecule has 1 fully saturated rings. The number of aliphatic imine (C=N–C) groups is 1. The lowest BCUT2D eigenvalue weighted by Crippen LogP contribution is -2.41. The predicted molar refractivity (Wildman–Crippen MR) is 134 cm³/mol. The van der Waals surface area contributed by atoms with E-state index < -0.39 is 0 Å². The van der Waals surface area contributed by atoms with E-state index in [1.54, 1.807) is 0 Å². The monoisotopic (exact) mass is 528 g/mol. The Morgan fingerprint density at radius 1 is 1.14 bits per heavy atom. The van der Waals surface area contributed by atoms with Gasteiger partial charge in [0.1, 0.15) is 0 Å². The molecule has 1 saturated heterocycles. The summed E-state index contributed by atoms with van der Waals surface area (Å²) in [4.78, 5) is 8.79. The molecular weight excluding hydrogens is 495 g/mol. The Hall–Kier alpha value is -1.16. The predicted octanol–water partition coefficient (Wildman–Crippen LogP) is 3.93. The zero-order valence-corrected chi connectivity index (χ0v) is 20.3. The first kappa shape index (κ1) is 24.1. The van der Waals surface area contributed by atoms with Gasteiger partial charge in [-0.2, -0.15) is 0 Å². The highest BCUT2D eigenvalue weighted by atomic mass is 127. The van der Waals surface area contributed by atoms with E-state index in [1.807, 2.05) is 11.3 Å². The summed E-state index contributed by atoms with van der Waals surface area (Å²) in [5, 5.41) is 9.03. The minimum atomic E-state index is 0. The number of guanidine groups is 1. The summed E-state index contributed by atoms with van der Waals surface area (Å²) in [6.07, 6.45) is 2.17. The zero-order chi connectivity index (χ0) is 19.4. The number of rotatable bonds is 9. The van der Waals surface area contributed by atoms with Crippen molar-refractivity contribution in [2.45, 2.75) is 25.8 Å². The third-order valence-corrected chi connectivity index (χ3v) is 5.88. The largest absolute Gasteiger partial charge is 0.379 e. The Balaban J connectivity index is 0.00000300. The van der Waals surface area contributed by atoms with Crippen LogP contribution in [0.4, 0.5) is 0 Å². The van der Waals surface area contributed by atoms with Crippen LogP contribution in [0, 0.1) is 0 Å². The second-order valence-corrected chi connectivity index (χ2v) is 7.89. The van der Waals surface area contributed by atoms with Crippen molar-refractivity contribution < 1.29 is 4.74 Å². The standard InChI is InChI=1S/C22H32N4OS.HI/c1-2-23-22(24-12-6-10-19-8-4-3-5-9-19)25-18-20(21-11-7-17-28-21)26-13-15-27-16-14-26;/h3-5,7-9,11,17,20H,2,6,10,12-16,18H2,1H3,(H2,23,24,25);1H. The molecule has 0 bridgehead atoms. The fourth-order valence-corrected chi connectivity index (χ4v) is 4.27. The molecule has 0 aliphatic carbocycles. The van der Waals surface area contributed by atoms with Gasteiger partial charge in [-0.05, 0) is 36.8 Å². The van der Waals surface area contributed by atoms with Gasteiger partial charge in [0.25, 0.3) is 0 Å². The van der Waals surface area contributed by atoms with Crippen LogP contribution in [0.2, 0.25) is 0 Å². The maximum absolute atomic E-state index is 5.53. The third kappa shape index (κ3) is 8.24. The highest BCUT2D eigenvalue weighted by Crippen LogP contribution is 2.26. The summed E-state index contributed by atoms with van der Waals surface area (Å²) in [6, 6.07) is 15.3. The molecule has 2 aromatic rings. The Morgan fingerprint density at radius 2 is 1.93 bits per heavy atom. The molecule has 2 heterocycles. The number of ether oxygens (including phenoxy) is 1. The minimum Gasteiger partial charge on any atom is -0.379 e. The highest BCUT2D eigenvalue weighted by Gasteiger charge is 2.23. The van der Waals surface area contributed by atoms with Gasteiger partial charge in [0, 0.05) is 31.1 Å². The maximum atomic E-state index is 5.53. The summed E-state index contributed by atoms with van der Waals surface area (Å²) in [5.41, 5.74) is 1.39. The fourth-order valence-electron chi connectivity index (χ4n) is 3.42. The SMILES string of the molecule is CCNC(=NCC(c1cccs1)N1CCOCC1)NCCCc1ccccc1.I. The van der Waals surface area contributed by atoms with Crippen molar-refractivity contribution in [1.82, 2.24) is 15.5 Å². The van der Waals surface area contributed by atoms with Gasteiger partial charge < -0.3 is 15.4 Å². The molecule has 1 unspecified atom stereocenters. The van der Waals surface area contributed by atoms with Gasteiger partial charge in [-0.3, -0.25) is 9.89 Å². The van der Waals surface area contributed by atoms with E-state index >= 15 is 0 Å². The summed E-state index contributed by atoms with van der Waals surface area (Å²) in [5.74, 6) is 0.908. The van der Waals surface area contributed by atoms with E-state index in [0.29, 0.717) is 6.04 Å². The van der Waals surface area contributed by atoms with Crippen molar-refractivity contribution in [2.24, 2.45) is 4.99 Å². The number of nitrogens with one attached hydrogen (secondary N) is 2. The quantitative estimate of drug-likeness (QED) is 0.224. The van der Waals surface area contributed by atoms with Crippen molar-refractivity contribution in [2.75, 3.05) is 45.9 Å². The van der Waals surface area contributed by atoms with Gasteiger partial charge in [0.15, 0.2) is 5.96 Å². The molecule has 0 radical (unpaired) electrons. The topological polar surface area (TPSA) is 48.9 Å². The van der Waals surface area contributed by atoms with Gasteiger partial charge in [0.05, 0.1) is 25.8 Å². The van der Waals surface area contributed by atoms with Crippen LogP contribution in [0.1, 0.15) is 29.8 Å². The number of nitrogens with zero attached hydrogens (tertiary/aromatic N) is 2. The van der Waals surface area contributed by atoms with Gasteiger partial charge in [-0.25, -0.2) is 0 Å². The maximum Gasteiger partial charge on any atom is 0.191 e. The molecule has 1 aliphatic rings. The van der Waals surface area contributed by atoms with Crippen molar-refractivity contribution in [3.63, 3.8) is 0 Å². The number of aryl methyl sites for hydroxylation is 1. The number of morpholine rings is 1. The van der Waals surface area contributed by atoms with Crippen LogP contribution >= 0.6 is 35.3 Å². The van der Waals surface area contributed by atoms with Gasteiger partial charge >= 0.3 is 0 Å². The lowest BCUT2D eigenvalue weighted by Gasteiger charge is -2.33. The summed E-state index contributed by atoms with van der Waals surface area (Å²) in [6.45, 7) is 8.22. The van der Waals surface area contributed by atoms with E-state index in [0.717, 1.165) is 64.7 Å². The highest BCUT2D eigenvalue weighted by molar-refractivity contribution is 14.0. The Morgan fingerprint density at radius 3 is 2.62 bits per heavy atom. The van der Waals surface area contributed by atoms with Crippen LogP contribution in [-0.2, 0) is 11.2 Å². The number of hydrogen-bond acceptors (Lipinski definition) is 4. The third-order valence-electron chi connectivity index (χ3n) is 4.90. The van der Waals surface area contributed by atoms with Crippen LogP contribution in [0.5, 0.6) is 0 Å². The molecule has 1 aliphatic heterocycles. The van der Waals surface area contributed by atoms with E-state index in [4.69, 9.17) is 9.73 Å². The van der Waals surface area contributed by atoms with Crippen LogP contribution in [0.25, 0.3) is 0 Å². The first-order valence-corrected chi connectivity index (χ1v) is 11.2. The zero-order valence-electron chi connectivity index (χ0n) is 17.2. The van der Waals surface area contributed by atoms with Crippen molar-refractivity contribution in [1.29, 1.82) is 0 Å². The first-order chi connectivity index (χ1) is 13.9. The molecule has 5 nitrogen and oxygen atoms in total. The van der Waals surface area contributed by atoms with E-state index in [-0.39, 0.29) is 24.0 Å². The van der Waals surface area contributed by atoms with Crippen LogP contribution in [-0.4, -0.2) is 56.8 Å². The van der Waals surface area contributed by atoms with Gasteiger partial charge in [-0.15, -0.1) is 35.3 Å². The average molecular weight is 529 g/mol. The molecule has 3 rings (SSSR count). The first-order valence-electron chi connectivity index (χ1n) is 10.3. The van der Waals surface area contributed by atoms with Gasteiger partial charge in [-0.1, -0.05) is 36.4 Å². The number of benzene rings is 1. The number of halogens is 1. The Bertz CT molecular complexity index is 690. The van der Waals surface area contributed by atoms with Crippen molar-refractivity contribution >= 4 is 41.3 Å². The molecular formula is C22H33IN4OS. The Kier molecular flexibility index (Phi) is 11.6. The molecule has 160 valence electrons. The van der Waals surface area contributed by atoms with Crippen LogP contribution < -0.4 is 10.6 Å². The van der Waals surface area contributed by atoms with Gasteiger partial charge in [0.2, 0.25) is 0 Å². The van der Waals surface area contributed by atoms with E-state index in [2.05, 4.69) is 70.3 Å². The molecule has 1 aromatic carbocycles. The molecule has 7 heteroatoms. The van der Waals surface area contributed by atoms with Crippen LogP contribution in [0.15, 0.2) is 52.8 Å². The van der Waals surface area contributed by atoms with E-state index in [9.17, 15) is 0 Å². The number of thiophene rings is 1. The lowest BCUT2D eigenvalue weighted by molar-refractivity contribution is 0.0186. The van der Waals surface area contributed by atoms with Crippen molar-refractivity contribution in [3.05, 3.63) is 58.3 Å². The Labute approximate surface area is 196 Å². The molecule has 0 saturated carbocycles. The molecule has 1 aromatic heterocycles. The van der Waals surface area contributed by atoms with E-state index in [1.165, 1.54) is 10.4 Å². The molecule has 0 amide bonds. The molecule has 29 heavy (non-hydrogen) atoms. The summed E-state index contributed by atoms with van der Waals surface area (Å²) >= 11 is 1.82. The van der Waals surface area contributed by atoms with Crippen LogP contribution in [0.3, 0.4) is 0 Å². The summed E-state index contributed by atoms with van der Waals surface area (Å²) < 4.78 is 5.53. The second-order valence-electron chi connectivity index (χ2n) is 6.92. The molecule has 2 N–H and O–H groups in total. The van der Waals surface area contributed by atoms with Crippen molar-refractivity contribution in [3.8, 4) is 0 Å².